The summed E-state index contributed by atoms with van der Waals surface area (Å²) in [6, 6.07) is 12.9. The molecule has 0 spiro atoms. The summed E-state index contributed by atoms with van der Waals surface area (Å²) >= 11 is 6.90. The van der Waals surface area contributed by atoms with Crippen molar-refractivity contribution < 1.29 is 4.74 Å². The van der Waals surface area contributed by atoms with Crippen molar-refractivity contribution in [3.05, 3.63) is 67.1 Å². The first kappa shape index (κ1) is 21.7. The van der Waals surface area contributed by atoms with Crippen LogP contribution in [-0.4, -0.2) is 22.5 Å². The molecule has 0 saturated heterocycles. The molecule has 0 bridgehead atoms. The number of halogens is 2. The summed E-state index contributed by atoms with van der Waals surface area (Å²) in [5.41, 5.74) is 1.15. The van der Waals surface area contributed by atoms with Crippen LogP contribution in [0.4, 0.5) is 0 Å². The average molecular weight is 544 g/mol. The second-order valence-corrected chi connectivity index (χ2v) is 9.29. The van der Waals surface area contributed by atoms with Gasteiger partial charge in [-0.3, -0.25) is 4.79 Å². The number of rotatable bonds is 5. The fourth-order valence-corrected chi connectivity index (χ4v) is 4.62. The zero-order valence-electron chi connectivity index (χ0n) is 16.7. The Bertz CT molecular complexity index is 1240. The molecule has 0 atom stereocenters. The fourth-order valence-electron chi connectivity index (χ4n) is 3.88. The van der Waals surface area contributed by atoms with Crippen LogP contribution in [0, 0.1) is 11.3 Å². The fraction of sp³-hybridized carbons (Fsp3) is 0.304. The molecule has 1 aliphatic carbocycles. The molecule has 3 aromatic rings. The van der Waals surface area contributed by atoms with E-state index < -0.39 is 0 Å². The van der Waals surface area contributed by atoms with Gasteiger partial charge in [0.15, 0.2) is 6.61 Å². The monoisotopic (exact) mass is 542 g/mol. The number of benzene rings is 2. The molecule has 31 heavy (non-hydrogen) atoms. The van der Waals surface area contributed by atoms with Gasteiger partial charge in [-0.2, -0.15) is 15.0 Å². The summed E-state index contributed by atoms with van der Waals surface area (Å²) in [5.74, 6) is 1.42. The number of ether oxygens (including phenoxy) is 1. The molecule has 0 N–H and O–H groups in total. The van der Waals surface area contributed by atoms with E-state index in [9.17, 15) is 4.79 Å². The van der Waals surface area contributed by atoms with Gasteiger partial charge in [0, 0.05) is 20.4 Å². The summed E-state index contributed by atoms with van der Waals surface area (Å²) < 4.78 is 8.60. The number of fused-ring (bicyclic) bond motifs is 1. The highest BCUT2D eigenvalue weighted by Crippen LogP contribution is 2.32. The van der Waals surface area contributed by atoms with Gasteiger partial charge in [0.25, 0.3) is 5.56 Å². The lowest BCUT2D eigenvalue weighted by atomic mass is 9.88. The summed E-state index contributed by atoms with van der Waals surface area (Å²) in [5, 5.41) is 13.9. The number of hydrogen-bond donors (Lipinski definition) is 0. The van der Waals surface area contributed by atoms with E-state index in [4.69, 9.17) is 15.0 Å². The molecule has 1 saturated carbocycles. The van der Waals surface area contributed by atoms with Crippen molar-refractivity contribution in [2.24, 2.45) is 5.10 Å². The van der Waals surface area contributed by atoms with Gasteiger partial charge >= 0.3 is 0 Å². The zero-order chi connectivity index (χ0) is 21.8. The number of hydrogen-bond acceptors (Lipinski definition) is 5. The normalized spacial score (nSPS) is 14.7. The SMILES string of the molecule is N#CCOc1ccc(Br)cc1C=Nn1c(C2CCCCC2)nc2ccc(Br)cc2c1=O. The summed E-state index contributed by atoms with van der Waals surface area (Å²) in [6.07, 6.45) is 7.05. The van der Waals surface area contributed by atoms with E-state index in [1.807, 2.05) is 30.3 Å². The Labute approximate surface area is 196 Å². The largest absolute Gasteiger partial charge is 0.478 e. The highest BCUT2D eigenvalue weighted by molar-refractivity contribution is 9.10. The van der Waals surface area contributed by atoms with Crippen molar-refractivity contribution in [2.45, 2.75) is 38.0 Å². The Hall–Kier alpha value is -2.50. The lowest BCUT2D eigenvalue weighted by Crippen LogP contribution is -2.25. The van der Waals surface area contributed by atoms with Crippen LogP contribution in [-0.2, 0) is 0 Å². The van der Waals surface area contributed by atoms with Crippen LogP contribution in [0.3, 0.4) is 0 Å². The van der Waals surface area contributed by atoms with Crippen LogP contribution in [0.15, 0.2) is 55.2 Å². The third-order valence-corrected chi connectivity index (χ3v) is 6.37. The first-order valence-corrected chi connectivity index (χ1v) is 11.7. The summed E-state index contributed by atoms with van der Waals surface area (Å²) in [7, 11) is 0. The van der Waals surface area contributed by atoms with Crippen LogP contribution in [0.1, 0.15) is 49.4 Å². The minimum Gasteiger partial charge on any atom is -0.478 e. The van der Waals surface area contributed by atoms with E-state index in [1.54, 1.807) is 18.3 Å². The van der Waals surface area contributed by atoms with Crippen LogP contribution in [0.25, 0.3) is 10.9 Å². The molecular weight excluding hydrogens is 524 g/mol. The van der Waals surface area contributed by atoms with Crippen LogP contribution >= 0.6 is 31.9 Å². The van der Waals surface area contributed by atoms with Crippen molar-refractivity contribution in [2.75, 3.05) is 6.61 Å². The molecule has 1 heterocycles. The first-order valence-electron chi connectivity index (χ1n) is 10.1. The number of nitrogens with zero attached hydrogens (tertiary/aromatic N) is 4. The molecule has 8 heteroatoms. The van der Waals surface area contributed by atoms with E-state index >= 15 is 0 Å². The molecule has 158 valence electrons. The molecule has 2 aromatic carbocycles. The second kappa shape index (κ2) is 9.75. The Morgan fingerprint density at radius 1 is 1.16 bits per heavy atom. The molecule has 0 unspecified atom stereocenters. The van der Waals surface area contributed by atoms with Gasteiger partial charge in [-0.15, -0.1) is 0 Å². The molecule has 1 fully saturated rings. The Kier molecular flexibility index (Phi) is 6.83. The second-order valence-electron chi connectivity index (χ2n) is 7.46. The van der Waals surface area contributed by atoms with Gasteiger partial charge in [-0.25, -0.2) is 4.98 Å². The Morgan fingerprint density at radius 2 is 1.90 bits per heavy atom. The quantitative estimate of drug-likeness (QED) is 0.383. The number of nitriles is 1. The van der Waals surface area contributed by atoms with Gasteiger partial charge in [-0.1, -0.05) is 51.1 Å². The maximum Gasteiger partial charge on any atom is 0.282 e. The lowest BCUT2D eigenvalue weighted by Gasteiger charge is -2.22. The zero-order valence-corrected chi connectivity index (χ0v) is 19.9. The molecule has 6 nitrogen and oxygen atoms in total. The van der Waals surface area contributed by atoms with E-state index in [0.717, 1.165) is 34.6 Å². The van der Waals surface area contributed by atoms with E-state index in [2.05, 4.69) is 37.0 Å². The van der Waals surface area contributed by atoms with Crippen LogP contribution < -0.4 is 10.3 Å². The van der Waals surface area contributed by atoms with Crippen molar-refractivity contribution in [3.8, 4) is 11.8 Å². The molecule has 1 aliphatic rings. The maximum absolute atomic E-state index is 13.4. The lowest BCUT2D eigenvalue weighted by molar-refractivity contribution is 0.367. The predicted molar refractivity (Wildman–Crippen MR) is 128 cm³/mol. The first-order chi connectivity index (χ1) is 15.1. The highest BCUT2D eigenvalue weighted by atomic mass is 79.9. The summed E-state index contributed by atoms with van der Waals surface area (Å²) in [6.45, 7) is -0.0682. The predicted octanol–water partition coefficient (Wildman–Crippen LogP) is 5.75. The third kappa shape index (κ3) is 4.89. The molecule has 0 aliphatic heterocycles. The van der Waals surface area contributed by atoms with Crippen molar-refractivity contribution in [1.82, 2.24) is 9.66 Å². The molecule has 4 rings (SSSR count). The minimum atomic E-state index is -0.197. The van der Waals surface area contributed by atoms with Crippen molar-refractivity contribution in [3.63, 3.8) is 0 Å². The van der Waals surface area contributed by atoms with Gasteiger partial charge in [0.1, 0.15) is 17.6 Å². The van der Waals surface area contributed by atoms with Crippen molar-refractivity contribution >= 4 is 49.0 Å². The minimum absolute atomic E-state index is 0.0682. The van der Waals surface area contributed by atoms with Crippen LogP contribution in [0.5, 0.6) is 5.75 Å². The molecular formula is C23H20Br2N4O2. The topological polar surface area (TPSA) is 80.3 Å². The van der Waals surface area contributed by atoms with Crippen LogP contribution in [0.2, 0.25) is 0 Å². The molecule has 0 radical (unpaired) electrons. The van der Waals surface area contributed by atoms with Gasteiger partial charge in [0.2, 0.25) is 0 Å². The average Bonchev–Trinajstić information content (AvgIpc) is 2.78. The molecule has 1 aromatic heterocycles. The highest BCUT2D eigenvalue weighted by Gasteiger charge is 2.22. The Balaban J connectivity index is 1.84. The van der Waals surface area contributed by atoms with Gasteiger partial charge in [0.05, 0.1) is 17.1 Å². The molecule has 0 amide bonds. The Morgan fingerprint density at radius 3 is 2.68 bits per heavy atom. The van der Waals surface area contributed by atoms with E-state index in [-0.39, 0.29) is 18.1 Å². The van der Waals surface area contributed by atoms with Gasteiger partial charge in [-0.05, 0) is 49.2 Å². The van der Waals surface area contributed by atoms with E-state index in [0.29, 0.717) is 28.0 Å². The summed E-state index contributed by atoms with van der Waals surface area (Å²) in [4.78, 5) is 18.2. The third-order valence-electron chi connectivity index (χ3n) is 5.38. The smallest absolute Gasteiger partial charge is 0.282 e. The van der Waals surface area contributed by atoms with Crippen molar-refractivity contribution in [1.29, 1.82) is 5.26 Å². The number of aromatic nitrogens is 2. The standard InChI is InChI=1S/C23H20Br2N4O2/c24-17-7-9-21(31-11-10-26)16(12-17)14-27-29-22(15-4-2-1-3-5-15)28-20-8-6-18(25)13-19(20)23(29)30/h6-9,12-15H,1-5,11H2. The maximum atomic E-state index is 13.4. The van der Waals surface area contributed by atoms with Gasteiger partial charge < -0.3 is 4.74 Å². The van der Waals surface area contributed by atoms with E-state index in [1.165, 1.54) is 11.1 Å².